The average molecular weight is 1270 g/mol. The number of esters is 1. The van der Waals surface area contributed by atoms with Gasteiger partial charge in [-0.3, -0.25) is 19.4 Å². The molecule has 0 saturated carbocycles. The summed E-state index contributed by atoms with van der Waals surface area (Å²) >= 11 is 17.8. The maximum absolute atomic E-state index is 12.3. The minimum atomic E-state index is -0.460. The maximum Gasteiger partial charge on any atom is 0.410 e. The van der Waals surface area contributed by atoms with E-state index in [0.29, 0.717) is 75.0 Å². The Kier molecular flexibility index (Phi) is 32.3. The number of nitrogens with one attached hydrogen (secondary N) is 2. The van der Waals surface area contributed by atoms with Crippen LogP contribution >= 0.6 is 47.2 Å². The Labute approximate surface area is 529 Å². The highest BCUT2D eigenvalue weighted by Crippen LogP contribution is 2.28. The molecule has 3 aromatic carbocycles. The fourth-order valence-electron chi connectivity index (χ4n) is 10.9. The molecule has 6 aliphatic rings. The number of ketones is 1. The van der Waals surface area contributed by atoms with E-state index in [1.165, 1.54) is 36.5 Å². The quantitative estimate of drug-likeness (QED) is 0.154. The van der Waals surface area contributed by atoms with Crippen LogP contribution in [0.25, 0.3) is 0 Å². The number of hydrogen-bond donors (Lipinski definition) is 2. The van der Waals surface area contributed by atoms with E-state index in [1.54, 1.807) is 11.8 Å². The van der Waals surface area contributed by atoms with Crippen molar-refractivity contribution in [3.05, 3.63) is 105 Å². The number of hydrogen-bond acceptors (Lipinski definition) is 14. The molecule has 0 aliphatic carbocycles. The summed E-state index contributed by atoms with van der Waals surface area (Å²) in [5.74, 6) is 0.0160. The number of carbonyl (C=O) groups is 4. The topological polar surface area (TPSA) is 161 Å². The van der Waals surface area contributed by atoms with E-state index in [2.05, 4.69) is 82.3 Å². The fourth-order valence-corrected chi connectivity index (χ4v) is 11.2. The molecular weight excluding hydrogens is 1170 g/mol. The first-order valence-corrected chi connectivity index (χ1v) is 31.6. The maximum atomic E-state index is 12.3. The van der Waals surface area contributed by atoms with Crippen LogP contribution in [0.1, 0.15) is 131 Å². The van der Waals surface area contributed by atoms with Crippen LogP contribution in [0.15, 0.2) is 72.8 Å². The summed E-state index contributed by atoms with van der Waals surface area (Å²) in [4.78, 5) is 53.4. The molecule has 0 bridgehead atoms. The number of ether oxygens (including phenoxy) is 6. The van der Waals surface area contributed by atoms with Crippen molar-refractivity contribution in [3.63, 3.8) is 0 Å². The number of nitrogens with zero attached hydrogens (tertiary/aromatic N) is 4. The van der Waals surface area contributed by atoms with Gasteiger partial charge in [0.2, 0.25) is 0 Å². The Morgan fingerprint density at radius 1 is 0.576 bits per heavy atom. The second kappa shape index (κ2) is 37.3. The second-order valence-electron chi connectivity index (χ2n) is 24.8. The van der Waals surface area contributed by atoms with Gasteiger partial charge in [0, 0.05) is 111 Å². The molecule has 0 aromatic heterocycles. The lowest BCUT2D eigenvalue weighted by Gasteiger charge is -2.46. The highest BCUT2D eigenvalue weighted by Gasteiger charge is 2.37. The van der Waals surface area contributed by atoms with Gasteiger partial charge in [0.05, 0.1) is 44.7 Å². The molecule has 6 saturated heterocycles. The van der Waals surface area contributed by atoms with Crippen molar-refractivity contribution in [3.8, 4) is 0 Å². The van der Waals surface area contributed by atoms with Crippen LogP contribution in [0.2, 0.25) is 15.1 Å². The van der Waals surface area contributed by atoms with Crippen LogP contribution < -0.4 is 10.6 Å². The fraction of sp³-hybridized carbons (Fsp3) is 0.662. The van der Waals surface area contributed by atoms with Crippen LogP contribution in [0.3, 0.4) is 0 Å². The van der Waals surface area contributed by atoms with Crippen LogP contribution in [-0.4, -0.2) is 189 Å². The first-order chi connectivity index (χ1) is 39.8. The number of likely N-dealkylation sites (tertiary alicyclic amines) is 2. The summed E-state index contributed by atoms with van der Waals surface area (Å²) < 4.78 is 32.6. The summed E-state index contributed by atoms with van der Waals surface area (Å²) in [6, 6.07) is 26.8. The molecule has 6 atom stereocenters. The molecule has 478 valence electrons. The summed E-state index contributed by atoms with van der Waals surface area (Å²) in [5, 5.41) is 9.30. The molecule has 0 unspecified atom stereocenters. The Morgan fingerprint density at radius 2 is 0.965 bits per heavy atom. The number of benzene rings is 3. The van der Waals surface area contributed by atoms with Crippen molar-refractivity contribution in [1.82, 2.24) is 30.2 Å². The van der Waals surface area contributed by atoms with Crippen molar-refractivity contribution < 1.29 is 47.6 Å². The second-order valence-corrected chi connectivity index (χ2v) is 26.1. The van der Waals surface area contributed by atoms with Gasteiger partial charge < -0.3 is 48.9 Å². The van der Waals surface area contributed by atoms with E-state index >= 15 is 0 Å². The summed E-state index contributed by atoms with van der Waals surface area (Å²) in [7, 11) is 0. The molecule has 6 fully saturated rings. The number of amides is 2. The number of Topliss-reactive ketones (excluding diaryl/α,β-unsaturated/α-hetero) is 1. The smallest absolute Gasteiger partial charge is 0.410 e. The summed E-state index contributed by atoms with van der Waals surface area (Å²) in [5.41, 5.74) is 3.02. The highest BCUT2D eigenvalue weighted by atomic mass is 35.5. The molecule has 0 spiro atoms. The molecule has 6 heterocycles. The number of carbonyl (C=O) groups excluding carboxylic acids is 4. The zero-order valence-corrected chi connectivity index (χ0v) is 55.6. The van der Waals surface area contributed by atoms with Gasteiger partial charge in [-0.1, -0.05) is 71.2 Å². The third-order valence-electron chi connectivity index (χ3n) is 15.1. The van der Waals surface area contributed by atoms with Gasteiger partial charge in [0.25, 0.3) is 0 Å². The van der Waals surface area contributed by atoms with Gasteiger partial charge >= 0.3 is 18.2 Å². The Morgan fingerprint density at radius 3 is 1.33 bits per heavy atom. The molecule has 6 aliphatic heterocycles. The van der Waals surface area contributed by atoms with E-state index in [9.17, 15) is 19.2 Å². The largest absolute Gasteiger partial charge is 0.466 e. The SMILES string of the molecule is CC(C)(C)OC(=O)N1CCC(=O)CC1.CCOC(C)=O.C[C@@H]1CN(C2CCN(C(=O)OC(C)(C)C)CC2)[C@@H](Cc2ccc(Cl)cc2)CO1.C[C@@H]1CN(C2CCNCC2)[C@@H](Cc2ccc(Cl)cc2)CO1.C[C@@H]1CN[C@@H](Cc2ccc(Cl)cc2)CO1.Cl. The molecule has 2 N–H and O–H groups in total. The van der Waals surface area contributed by atoms with Crippen molar-refractivity contribution in [2.45, 2.75) is 194 Å². The minimum absolute atomic E-state index is 0. The first kappa shape index (κ1) is 73.7. The lowest BCUT2D eigenvalue weighted by Crippen LogP contribution is -2.57. The molecule has 0 radical (unpaired) electrons. The van der Waals surface area contributed by atoms with Gasteiger partial charge in [-0.05, 0) is 180 Å². The zero-order chi connectivity index (χ0) is 61.4. The van der Waals surface area contributed by atoms with Gasteiger partial charge in [-0.2, -0.15) is 0 Å². The Balaban J connectivity index is 0.000000242. The summed E-state index contributed by atoms with van der Waals surface area (Å²) in [6.07, 6.45) is 8.80. The van der Waals surface area contributed by atoms with E-state index in [0.717, 1.165) is 113 Å². The van der Waals surface area contributed by atoms with Gasteiger partial charge in [-0.15, -0.1) is 12.4 Å². The average Bonchev–Trinajstić information content (AvgIpc) is 3.19. The van der Waals surface area contributed by atoms with Gasteiger partial charge in [0.15, 0.2) is 0 Å². The van der Waals surface area contributed by atoms with Crippen molar-refractivity contribution in [2.24, 2.45) is 0 Å². The van der Waals surface area contributed by atoms with Crippen molar-refractivity contribution in [2.75, 3.05) is 85.3 Å². The number of halogens is 4. The zero-order valence-electron chi connectivity index (χ0n) is 52.5. The third kappa shape index (κ3) is 28.5. The number of piperidine rings is 3. The Bertz CT molecular complexity index is 2400. The van der Waals surface area contributed by atoms with Crippen LogP contribution in [0, 0.1) is 0 Å². The van der Waals surface area contributed by atoms with E-state index < -0.39 is 11.2 Å². The lowest BCUT2D eigenvalue weighted by atomic mass is 9.96. The van der Waals surface area contributed by atoms with Crippen molar-refractivity contribution >= 4 is 71.1 Å². The lowest BCUT2D eigenvalue weighted by molar-refractivity contribution is -0.140. The Hall–Kier alpha value is -3.78. The summed E-state index contributed by atoms with van der Waals surface area (Å²) in [6.45, 7) is 31.4. The number of rotatable bonds is 9. The third-order valence-corrected chi connectivity index (χ3v) is 15.9. The normalized spacial score (nSPS) is 23.5. The predicted octanol–water partition coefficient (Wildman–Crippen LogP) is 11.9. The molecule has 3 aromatic rings. The van der Waals surface area contributed by atoms with Crippen molar-refractivity contribution in [1.29, 1.82) is 0 Å². The standard InChI is InChI=1S/C22H33ClN2O3.C17H25ClN2O.C12H16ClNO.C10H17NO3.C4H8O2.ClH/c1-16-14-25(20(15-27-16)13-17-5-7-18(23)8-6-17)19-9-11-24(12-10-19)21(26)28-22(2,3)4;1-13-11-20(16-6-8-19-9-7-16)17(12-21-13)10-14-2-4-15(18)5-3-14;1-9-7-14-12(8-15-9)6-10-2-4-11(13)5-3-10;1-10(2,3)14-9(13)11-6-4-8(12)5-7-11;1-3-6-4(2)5;/h5-8,16,19-20H,9-15H2,1-4H3;2-5,13,16-17,19H,6-12H2,1H3;2-5,9,12,14H,6-8H2,1H3;4-7H2,1-3H3;3H2,1-2H3;1H/t16-,20+;13-,17+;9-,12+;;;/m111.../s1. The highest BCUT2D eigenvalue weighted by molar-refractivity contribution is 6.31. The molecular formula is C65H100Cl4N6O10. The van der Waals surface area contributed by atoms with Crippen LogP contribution in [-0.2, 0) is 57.3 Å². The minimum Gasteiger partial charge on any atom is -0.466 e. The molecule has 16 nitrogen and oxygen atoms in total. The molecule has 85 heavy (non-hydrogen) atoms. The number of morpholine rings is 3. The molecule has 20 heteroatoms. The van der Waals surface area contributed by atoms with Gasteiger partial charge in [-0.25, -0.2) is 9.59 Å². The van der Waals surface area contributed by atoms with Crippen LogP contribution in [0.4, 0.5) is 9.59 Å². The van der Waals surface area contributed by atoms with E-state index in [1.807, 2.05) is 82.8 Å². The van der Waals surface area contributed by atoms with Gasteiger partial charge in [0.1, 0.15) is 17.0 Å². The van der Waals surface area contributed by atoms with E-state index in [4.69, 9.17) is 58.5 Å². The van der Waals surface area contributed by atoms with Crippen LogP contribution in [0.5, 0.6) is 0 Å². The molecule has 2 amide bonds. The monoisotopic (exact) mass is 1260 g/mol. The predicted molar refractivity (Wildman–Crippen MR) is 343 cm³/mol. The van der Waals surface area contributed by atoms with E-state index in [-0.39, 0.29) is 42.5 Å². The molecule has 9 rings (SSSR count). The first-order valence-electron chi connectivity index (χ1n) is 30.5.